The highest BCUT2D eigenvalue weighted by Gasteiger charge is 2.06. The minimum Gasteiger partial charge on any atom is -0.361 e. The lowest BCUT2D eigenvalue weighted by Gasteiger charge is -1.94. The molecule has 2 aromatic heterocycles. The van der Waals surface area contributed by atoms with Crippen LogP contribution in [-0.4, -0.2) is 14.8 Å². The van der Waals surface area contributed by atoms with Gasteiger partial charge in [0.2, 0.25) is 0 Å². The first kappa shape index (κ1) is 9.21. The zero-order valence-corrected chi connectivity index (χ0v) is 9.14. The number of fused-ring (bicyclic) bond motifs is 1. The molecule has 80 valence electrons. The summed E-state index contributed by atoms with van der Waals surface area (Å²) in [4.78, 5) is 3.28. The molecular weight excluding hydrogens is 198 g/mol. The average Bonchev–Trinajstić information content (AvgIpc) is 2.94. The van der Waals surface area contributed by atoms with Crippen LogP contribution in [0.25, 0.3) is 22.0 Å². The lowest BCUT2D eigenvalue weighted by Crippen LogP contribution is -1.91. The Hall–Kier alpha value is -2.03. The molecule has 3 nitrogen and oxygen atoms in total. The van der Waals surface area contributed by atoms with Crippen molar-refractivity contribution in [2.75, 3.05) is 0 Å². The molecule has 0 atom stereocenters. The molecule has 16 heavy (non-hydrogen) atoms. The highest BCUT2D eigenvalue weighted by molar-refractivity contribution is 5.95. The van der Waals surface area contributed by atoms with Gasteiger partial charge in [0, 0.05) is 41.0 Å². The largest absolute Gasteiger partial charge is 0.361 e. The van der Waals surface area contributed by atoms with Crippen molar-refractivity contribution in [1.82, 2.24) is 14.8 Å². The van der Waals surface area contributed by atoms with Crippen molar-refractivity contribution in [2.45, 2.75) is 13.5 Å². The normalized spacial score (nSPS) is 11.1. The average molecular weight is 211 g/mol. The molecule has 1 aromatic carbocycles. The summed E-state index contributed by atoms with van der Waals surface area (Å²) in [5.74, 6) is 0. The van der Waals surface area contributed by atoms with Gasteiger partial charge in [-0.25, -0.2) is 0 Å². The van der Waals surface area contributed by atoms with E-state index in [1.807, 2.05) is 23.1 Å². The fraction of sp³-hybridized carbons (Fsp3) is 0.154. The van der Waals surface area contributed by atoms with E-state index in [0.717, 1.165) is 6.54 Å². The van der Waals surface area contributed by atoms with Crippen LogP contribution in [-0.2, 0) is 6.54 Å². The van der Waals surface area contributed by atoms with E-state index in [-0.39, 0.29) is 0 Å². The summed E-state index contributed by atoms with van der Waals surface area (Å²) < 4.78 is 1.94. The zero-order chi connectivity index (χ0) is 11.0. The molecule has 2 heterocycles. The van der Waals surface area contributed by atoms with Crippen LogP contribution in [0.3, 0.4) is 0 Å². The van der Waals surface area contributed by atoms with Gasteiger partial charge in [-0.2, -0.15) is 5.10 Å². The number of H-pyrrole nitrogens is 1. The van der Waals surface area contributed by atoms with Crippen LogP contribution in [0, 0.1) is 0 Å². The SMILES string of the molecule is CCn1cc(-c2c[nH]c3ccccc23)cn1. The van der Waals surface area contributed by atoms with E-state index in [0.29, 0.717) is 0 Å². The van der Waals surface area contributed by atoms with E-state index in [1.54, 1.807) is 0 Å². The van der Waals surface area contributed by atoms with Gasteiger partial charge in [0.25, 0.3) is 0 Å². The molecule has 0 bridgehead atoms. The smallest absolute Gasteiger partial charge is 0.0569 e. The predicted molar refractivity (Wildman–Crippen MR) is 65.2 cm³/mol. The van der Waals surface area contributed by atoms with E-state index in [4.69, 9.17) is 0 Å². The highest BCUT2D eigenvalue weighted by atomic mass is 15.3. The van der Waals surface area contributed by atoms with Crippen molar-refractivity contribution in [1.29, 1.82) is 0 Å². The van der Waals surface area contributed by atoms with Gasteiger partial charge >= 0.3 is 0 Å². The Bertz CT molecular complexity index is 619. The first-order chi connectivity index (χ1) is 7.88. The maximum atomic E-state index is 4.30. The first-order valence-electron chi connectivity index (χ1n) is 5.47. The molecule has 0 amide bonds. The molecule has 0 saturated heterocycles. The number of rotatable bonds is 2. The third-order valence-electron chi connectivity index (χ3n) is 2.86. The topological polar surface area (TPSA) is 33.6 Å². The van der Waals surface area contributed by atoms with Crippen LogP contribution in [0.2, 0.25) is 0 Å². The number of hydrogen-bond acceptors (Lipinski definition) is 1. The van der Waals surface area contributed by atoms with Crippen LogP contribution in [0.5, 0.6) is 0 Å². The molecule has 0 fully saturated rings. The molecule has 0 saturated carbocycles. The molecule has 3 rings (SSSR count). The lowest BCUT2D eigenvalue weighted by atomic mass is 10.1. The first-order valence-corrected chi connectivity index (χ1v) is 5.47. The molecule has 0 aliphatic rings. The van der Waals surface area contributed by atoms with Crippen molar-refractivity contribution in [2.24, 2.45) is 0 Å². The number of aryl methyl sites for hydroxylation is 1. The fourth-order valence-corrected chi connectivity index (χ4v) is 1.99. The van der Waals surface area contributed by atoms with Crippen molar-refractivity contribution >= 4 is 10.9 Å². The molecule has 0 unspecified atom stereocenters. The summed E-state index contributed by atoms with van der Waals surface area (Å²) in [5, 5.41) is 5.55. The Labute approximate surface area is 93.7 Å². The Morgan fingerprint density at radius 3 is 3.00 bits per heavy atom. The van der Waals surface area contributed by atoms with Crippen molar-refractivity contribution in [3.8, 4) is 11.1 Å². The van der Waals surface area contributed by atoms with Crippen LogP contribution >= 0.6 is 0 Å². The zero-order valence-electron chi connectivity index (χ0n) is 9.14. The van der Waals surface area contributed by atoms with Gasteiger partial charge in [-0.15, -0.1) is 0 Å². The third-order valence-corrected chi connectivity index (χ3v) is 2.86. The van der Waals surface area contributed by atoms with Gasteiger partial charge in [-0.1, -0.05) is 18.2 Å². The lowest BCUT2D eigenvalue weighted by molar-refractivity contribution is 0.660. The second kappa shape index (κ2) is 3.52. The monoisotopic (exact) mass is 211 g/mol. The molecule has 3 aromatic rings. The summed E-state index contributed by atoms with van der Waals surface area (Å²) in [6.45, 7) is 2.99. The standard InChI is InChI=1S/C13H13N3/c1-2-16-9-10(7-15-16)12-8-14-13-6-4-3-5-11(12)13/h3-9,14H,2H2,1H3. The number of nitrogens with zero attached hydrogens (tertiary/aromatic N) is 2. The van der Waals surface area contributed by atoms with Crippen LogP contribution in [0.4, 0.5) is 0 Å². The van der Waals surface area contributed by atoms with E-state index >= 15 is 0 Å². The Balaban J connectivity index is 2.18. The van der Waals surface area contributed by atoms with E-state index < -0.39 is 0 Å². The second-order valence-corrected chi connectivity index (χ2v) is 3.83. The quantitative estimate of drug-likeness (QED) is 0.694. The number of aromatic amines is 1. The van der Waals surface area contributed by atoms with E-state index in [2.05, 4.69) is 41.4 Å². The molecule has 1 N–H and O–H groups in total. The maximum Gasteiger partial charge on any atom is 0.0569 e. The van der Waals surface area contributed by atoms with Gasteiger partial charge < -0.3 is 4.98 Å². The van der Waals surface area contributed by atoms with Gasteiger partial charge in [0.1, 0.15) is 0 Å². The maximum absolute atomic E-state index is 4.30. The highest BCUT2D eigenvalue weighted by Crippen LogP contribution is 2.27. The van der Waals surface area contributed by atoms with Crippen molar-refractivity contribution in [3.63, 3.8) is 0 Å². The molecule has 3 heteroatoms. The Morgan fingerprint density at radius 2 is 2.19 bits per heavy atom. The number of benzene rings is 1. The molecule has 0 aliphatic heterocycles. The van der Waals surface area contributed by atoms with Crippen LogP contribution in [0.1, 0.15) is 6.92 Å². The van der Waals surface area contributed by atoms with Gasteiger partial charge in [-0.05, 0) is 13.0 Å². The number of aromatic nitrogens is 3. The van der Waals surface area contributed by atoms with Crippen molar-refractivity contribution in [3.05, 3.63) is 42.9 Å². The van der Waals surface area contributed by atoms with E-state index in [1.165, 1.54) is 22.0 Å². The summed E-state index contributed by atoms with van der Waals surface area (Å²) in [6, 6.07) is 8.32. The Morgan fingerprint density at radius 1 is 1.31 bits per heavy atom. The summed E-state index contributed by atoms with van der Waals surface area (Å²) in [6.07, 6.45) is 6.04. The molecule has 0 spiro atoms. The molecule has 0 aliphatic carbocycles. The molecular formula is C13H13N3. The predicted octanol–water partition coefficient (Wildman–Crippen LogP) is 3.05. The van der Waals surface area contributed by atoms with Gasteiger partial charge in [0.15, 0.2) is 0 Å². The molecule has 0 radical (unpaired) electrons. The van der Waals surface area contributed by atoms with Crippen molar-refractivity contribution < 1.29 is 0 Å². The summed E-state index contributed by atoms with van der Waals surface area (Å²) in [5.41, 5.74) is 3.55. The van der Waals surface area contributed by atoms with E-state index in [9.17, 15) is 0 Å². The van der Waals surface area contributed by atoms with Crippen LogP contribution in [0.15, 0.2) is 42.9 Å². The minimum absolute atomic E-state index is 0.905. The van der Waals surface area contributed by atoms with Gasteiger partial charge in [-0.3, -0.25) is 4.68 Å². The summed E-state index contributed by atoms with van der Waals surface area (Å²) >= 11 is 0. The number of para-hydroxylation sites is 1. The Kier molecular flexibility index (Phi) is 2.03. The second-order valence-electron chi connectivity index (χ2n) is 3.83. The summed E-state index contributed by atoms with van der Waals surface area (Å²) in [7, 11) is 0. The fourth-order valence-electron chi connectivity index (χ4n) is 1.99. The number of nitrogens with one attached hydrogen (secondary N) is 1. The van der Waals surface area contributed by atoms with Gasteiger partial charge in [0.05, 0.1) is 6.20 Å². The number of hydrogen-bond donors (Lipinski definition) is 1. The minimum atomic E-state index is 0.905. The van der Waals surface area contributed by atoms with Crippen LogP contribution < -0.4 is 0 Å². The third kappa shape index (κ3) is 1.33.